The van der Waals surface area contributed by atoms with Crippen LogP contribution in [0, 0.1) is 0 Å². The number of nitrogen functional groups attached to an aromatic ring is 1. The van der Waals surface area contributed by atoms with Crippen molar-refractivity contribution >= 4 is 21.2 Å². The van der Waals surface area contributed by atoms with Gasteiger partial charge in [0.2, 0.25) is 9.84 Å². The molecule has 2 N–H and O–H groups in total. The number of benzene rings is 3. The summed E-state index contributed by atoms with van der Waals surface area (Å²) in [4.78, 5) is 1.42. The molecule has 8 heteroatoms. The fourth-order valence-electron chi connectivity index (χ4n) is 3.38. The molecule has 0 unspecified atom stereocenters. The fraction of sp³-hybridized carbons (Fsp3) is 0.217. The van der Waals surface area contributed by atoms with E-state index in [0.717, 1.165) is 17.7 Å². The number of para-hydroxylation sites is 1. The van der Waals surface area contributed by atoms with E-state index in [1.54, 1.807) is 18.2 Å². The van der Waals surface area contributed by atoms with Gasteiger partial charge in [-0.2, -0.15) is 13.2 Å². The third-order valence-corrected chi connectivity index (χ3v) is 6.83. The largest absolute Gasteiger partial charge is 0.418 e. The number of nitrogens with zero attached hydrogens (tertiary/aromatic N) is 1. The highest BCUT2D eigenvalue weighted by Crippen LogP contribution is 2.37. The summed E-state index contributed by atoms with van der Waals surface area (Å²) in [6.45, 7) is 3.00. The summed E-state index contributed by atoms with van der Waals surface area (Å²) in [6.07, 6.45) is -4.05. The van der Waals surface area contributed by atoms with E-state index in [4.69, 9.17) is 5.73 Å². The second-order valence-electron chi connectivity index (χ2n) is 7.03. The minimum Gasteiger partial charge on any atom is -0.398 e. The zero-order valence-electron chi connectivity index (χ0n) is 16.9. The van der Waals surface area contributed by atoms with E-state index >= 15 is 0 Å². The molecule has 164 valence electrons. The summed E-state index contributed by atoms with van der Waals surface area (Å²) in [5, 5.41) is 0. The van der Waals surface area contributed by atoms with Crippen LogP contribution in [0.4, 0.5) is 24.5 Å². The van der Waals surface area contributed by atoms with Crippen LogP contribution in [0.2, 0.25) is 0 Å². The summed E-state index contributed by atoms with van der Waals surface area (Å²) in [5.41, 5.74) is 5.31. The number of hydrogen-bond donors (Lipinski definition) is 1. The Bertz CT molecular complexity index is 1150. The maximum Gasteiger partial charge on any atom is 0.418 e. The van der Waals surface area contributed by atoms with Gasteiger partial charge in [-0.25, -0.2) is 8.42 Å². The molecule has 3 aromatic rings. The molecule has 0 bridgehead atoms. The Hall–Kier alpha value is -3.00. The van der Waals surface area contributed by atoms with Gasteiger partial charge >= 0.3 is 6.18 Å². The number of sulfone groups is 1. The first kappa shape index (κ1) is 22.7. The van der Waals surface area contributed by atoms with Crippen molar-refractivity contribution in [1.82, 2.24) is 0 Å². The highest BCUT2D eigenvalue weighted by atomic mass is 32.2. The van der Waals surface area contributed by atoms with Crippen molar-refractivity contribution in [3.63, 3.8) is 0 Å². The predicted octanol–water partition coefficient (Wildman–Crippen LogP) is 5.19. The molecular weight excluding hydrogens is 425 g/mol. The van der Waals surface area contributed by atoms with Crippen LogP contribution in [-0.4, -0.2) is 21.5 Å². The van der Waals surface area contributed by atoms with Crippen LogP contribution < -0.4 is 10.6 Å². The molecule has 0 radical (unpaired) electrons. The Kier molecular flexibility index (Phi) is 6.59. The minimum absolute atomic E-state index is 0.0391. The molecule has 0 heterocycles. The van der Waals surface area contributed by atoms with Crippen LogP contribution in [0.1, 0.15) is 18.1 Å². The van der Waals surface area contributed by atoms with E-state index < -0.39 is 32.2 Å². The first-order chi connectivity index (χ1) is 14.6. The van der Waals surface area contributed by atoms with Crippen LogP contribution in [-0.2, 0) is 22.4 Å². The molecule has 4 nitrogen and oxygen atoms in total. The molecule has 0 aliphatic carbocycles. The maximum atomic E-state index is 13.3. The molecule has 0 aromatic heterocycles. The number of nitrogens with two attached hydrogens (primary N) is 1. The Morgan fingerprint density at radius 3 is 2.23 bits per heavy atom. The quantitative estimate of drug-likeness (QED) is 0.506. The van der Waals surface area contributed by atoms with Crippen LogP contribution in [0.15, 0.2) is 82.6 Å². The highest BCUT2D eigenvalue weighted by molar-refractivity contribution is 7.91. The molecule has 0 atom stereocenters. The Labute approximate surface area is 180 Å². The number of anilines is 2. The lowest BCUT2D eigenvalue weighted by Crippen LogP contribution is -2.27. The maximum absolute atomic E-state index is 13.3. The molecule has 3 aromatic carbocycles. The molecule has 0 fully saturated rings. The van der Waals surface area contributed by atoms with Gasteiger partial charge in [-0.3, -0.25) is 0 Å². The van der Waals surface area contributed by atoms with E-state index in [2.05, 4.69) is 0 Å². The molecule has 0 saturated carbocycles. The summed E-state index contributed by atoms with van der Waals surface area (Å²) in [5.74, 6) is 0. The van der Waals surface area contributed by atoms with Crippen molar-refractivity contribution in [2.45, 2.75) is 29.3 Å². The monoisotopic (exact) mass is 448 g/mol. The van der Waals surface area contributed by atoms with Gasteiger partial charge in [-0.1, -0.05) is 42.5 Å². The van der Waals surface area contributed by atoms with Crippen molar-refractivity contribution in [1.29, 1.82) is 0 Å². The Balaban J connectivity index is 2.00. The Morgan fingerprint density at radius 2 is 1.58 bits per heavy atom. The molecule has 0 saturated heterocycles. The molecule has 0 aliphatic heterocycles. The van der Waals surface area contributed by atoms with Crippen molar-refractivity contribution < 1.29 is 21.6 Å². The second kappa shape index (κ2) is 9.01. The van der Waals surface area contributed by atoms with E-state index in [0.29, 0.717) is 31.3 Å². The summed E-state index contributed by atoms with van der Waals surface area (Å²) in [6, 6.07) is 18.8. The predicted molar refractivity (Wildman–Crippen MR) is 116 cm³/mol. The van der Waals surface area contributed by atoms with Gasteiger partial charge in [-0.05, 0) is 49.2 Å². The van der Waals surface area contributed by atoms with Crippen LogP contribution in [0.25, 0.3) is 0 Å². The number of likely N-dealkylation sites (N-methyl/N-ethyl adjacent to an activating group) is 1. The lowest BCUT2D eigenvalue weighted by atomic mass is 10.1. The average molecular weight is 449 g/mol. The third kappa shape index (κ3) is 5.02. The van der Waals surface area contributed by atoms with Crippen molar-refractivity contribution in [2.75, 3.05) is 23.7 Å². The summed E-state index contributed by atoms with van der Waals surface area (Å²) >= 11 is 0. The van der Waals surface area contributed by atoms with Crippen molar-refractivity contribution in [3.05, 3.63) is 83.9 Å². The van der Waals surface area contributed by atoms with Crippen molar-refractivity contribution in [2.24, 2.45) is 0 Å². The zero-order chi connectivity index (χ0) is 22.6. The van der Waals surface area contributed by atoms with Gasteiger partial charge in [-0.15, -0.1) is 0 Å². The standard InChI is InChI=1S/C23H23F3N2O2S/c1-2-28(15-14-17-8-4-3-5-9-17)21-10-6-7-11-22(21)31(29,30)18-12-13-20(27)19(16-18)23(24,25)26/h3-13,16H,2,14-15,27H2,1H3. The normalized spacial score (nSPS) is 12.0. The first-order valence-corrected chi connectivity index (χ1v) is 11.2. The minimum atomic E-state index is -4.75. The number of rotatable bonds is 7. The van der Waals surface area contributed by atoms with Crippen LogP contribution >= 0.6 is 0 Å². The zero-order valence-corrected chi connectivity index (χ0v) is 17.7. The van der Waals surface area contributed by atoms with Crippen LogP contribution in [0.3, 0.4) is 0 Å². The van der Waals surface area contributed by atoms with Gasteiger partial charge < -0.3 is 10.6 Å². The van der Waals surface area contributed by atoms with Crippen LogP contribution in [0.5, 0.6) is 0 Å². The molecule has 31 heavy (non-hydrogen) atoms. The Morgan fingerprint density at radius 1 is 0.935 bits per heavy atom. The fourth-order valence-corrected chi connectivity index (χ4v) is 4.88. The molecule has 0 amide bonds. The second-order valence-corrected chi connectivity index (χ2v) is 8.95. The molecule has 0 spiro atoms. The molecule has 3 rings (SSSR count). The lowest BCUT2D eigenvalue weighted by molar-refractivity contribution is -0.137. The summed E-state index contributed by atoms with van der Waals surface area (Å²) < 4.78 is 66.4. The topological polar surface area (TPSA) is 63.4 Å². The number of hydrogen-bond acceptors (Lipinski definition) is 4. The smallest absolute Gasteiger partial charge is 0.398 e. The van der Waals surface area contributed by atoms with E-state index in [1.807, 2.05) is 42.2 Å². The van der Waals surface area contributed by atoms with Gasteiger partial charge in [0.1, 0.15) is 0 Å². The highest BCUT2D eigenvalue weighted by Gasteiger charge is 2.35. The van der Waals surface area contributed by atoms with Gasteiger partial charge in [0.05, 0.1) is 21.0 Å². The number of halogens is 3. The van der Waals surface area contributed by atoms with Crippen molar-refractivity contribution in [3.8, 4) is 0 Å². The van der Waals surface area contributed by atoms with Gasteiger partial charge in [0, 0.05) is 18.8 Å². The number of alkyl halides is 3. The van der Waals surface area contributed by atoms with E-state index in [-0.39, 0.29) is 4.90 Å². The summed E-state index contributed by atoms with van der Waals surface area (Å²) in [7, 11) is -4.20. The van der Waals surface area contributed by atoms with E-state index in [1.165, 1.54) is 6.07 Å². The average Bonchev–Trinajstić information content (AvgIpc) is 2.74. The molecule has 0 aliphatic rings. The molecular formula is C23H23F3N2O2S. The van der Waals surface area contributed by atoms with E-state index in [9.17, 15) is 21.6 Å². The van der Waals surface area contributed by atoms with Gasteiger partial charge in [0.15, 0.2) is 0 Å². The SMILES string of the molecule is CCN(CCc1ccccc1)c1ccccc1S(=O)(=O)c1ccc(N)c(C(F)(F)F)c1. The van der Waals surface area contributed by atoms with Gasteiger partial charge in [0.25, 0.3) is 0 Å². The lowest BCUT2D eigenvalue weighted by Gasteiger charge is -2.26. The third-order valence-electron chi connectivity index (χ3n) is 5.03. The first-order valence-electron chi connectivity index (χ1n) is 9.74.